The quantitative estimate of drug-likeness (QED) is 0.774. The van der Waals surface area contributed by atoms with Gasteiger partial charge in [0.05, 0.1) is 12.5 Å². The molecule has 4 nitrogen and oxygen atoms in total. The SMILES string of the molecule is COC(CN)CC(=O)NC(C)(C)CCc1ccccc1.Cl. The molecule has 0 spiro atoms. The maximum Gasteiger partial charge on any atom is 0.223 e. The molecule has 1 rings (SSSR count). The minimum atomic E-state index is -0.236. The molecule has 1 amide bonds. The lowest BCUT2D eigenvalue weighted by Gasteiger charge is -2.27. The average Bonchev–Trinajstić information content (AvgIpc) is 2.43. The van der Waals surface area contributed by atoms with Crippen LogP contribution in [0.3, 0.4) is 0 Å². The summed E-state index contributed by atoms with van der Waals surface area (Å²) in [6, 6.07) is 10.3. The molecule has 0 aliphatic rings. The van der Waals surface area contributed by atoms with E-state index < -0.39 is 0 Å². The third-order valence-corrected chi connectivity index (χ3v) is 3.37. The van der Waals surface area contributed by atoms with Gasteiger partial charge in [0.2, 0.25) is 5.91 Å². The van der Waals surface area contributed by atoms with E-state index in [1.165, 1.54) is 5.56 Å². The lowest BCUT2D eigenvalue weighted by Crippen LogP contribution is -2.45. The number of rotatable bonds is 8. The number of nitrogens with two attached hydrogens (primary N) is 1. The van der Waals surface area contributed by atoms with E-state index in [1.54, 1.807) is 7.11 Å². The van der Waals surface area contributed by atoms with Crippen molar-refractivity contribution in [1.82, 2.24) is 5.32 Å². The zero-order valence-corrected chi connectivity index (χ0v) is 13.9. The molecule has 5 heteroatoms. The molecule has 0 bridgehead atoms. The lowest BCUT2D eigenvalue weighted by atomic mass is 9.95. The van der Waals surface area contributed by atoms with Gasteiger partial charge in [0, 0.05) is 19.2 Å². The number of halogens is 1. The first-order valence-corrected chi connectivity index (χ1v) is 7.04. The highest BCUT2D eigenvalue weighted by molar-refractivity contribution is 5.85. The van der Waals surface area contributed by atoms with Crippen LogP contribution in [-0.4, -0.2) is 31.2 Å². The molecule has 0 aromatic heterocycles. The second kappa shape index (κ2) is 9.77. The van der Waals surface area contributed by atoms with Crippen LogP contribution in [0.25, 0.3) is 0 Å². The number of carbonyl (C=O) groups excluding carboxylic acids is 1. The second-order valence-corrected chi connectivity index (χ2v) is 5.72. The van der Waals surface area contributed by atoms with Gasteiger partial charge < -0.3 is 15.8 Å². The zero-order chi connectivity index (χ0) is 15.0. The van der Waals surface area contributed by atoms with Gasteiger partial charge in [-0.2, -0.15) is 0 Å². The molecule has 21 heavy (non-hydrogen) atoms. The van der Waals surface area contributed by atoms with Crippen LogP contribution in [0.1, 0.15) is 32.3 Å². The van der Waals surface area contributed by atoms with Gasteiger partial charge in [0.1, 0.15) is 0 Å². The monoisotopic (exact) mass is 314 g/mol. The Morgan fingerprint density at radius 1 is 1.33 bits per heavy atom. The Morgan fingerprint density at radius 2 is 1.95 bits per heavy atom. The molecule has 1 aromatic rings. The Hall–Kier alpha value is -1.10. The summed E-state index contributed by atoms with van der Waals surface area (Å²) < 4.78 is 5.13. The molecule has 120 valence electrons. The van der Waals surface area contributed by atoms with Crippen LogP contribution in [0.4, 0.5) is 0 Å². The molecular formula is C16H27ClN2O2. The smallest absolute Gasteiger partial charge is 0.223 e. The van der Waals surface area contributed by atoms with E-state index in [2.05, 4.69) is 17.4 Å². The summed E-state index contributed by atoms with van der Waals surface area (Å²) in [5, 5.41) is 3.05. The fourth-order valence-corrected chi connectivity index (χ4v) is 2.06. The molecule has 0 fully saturated rings. The summed E-state index contributed by atoms with van der Waals surface area (Å²) in [5.74, 6) is -0.0136. The molecule has 0 radical (unpaired) electrons. The molecule has 0 aliphatic heterocycles. The highest BCUT2D eigenvalue weighted by atomic mass is 35.5. The van der Waals surface area contributed by atoms with Crippen LogP contribution >= 0.6 is 12.4 Å². The first-order chi connectivity index (χ1) is 9.46. The molecule has 1 unspecified atom stereocenters. The van der Waals surface area contributed by atoms with Gasteiger partial charge in [-0.25, -0.2) is 0 Å². The fourth-order valence-electron chi connectivity index (χ4n) is 2.06. The van der Waals surface area contributed by atoms with Crippen LogP contribution in [0.5, 0.6) is 0 Å². The normalized spacial score (nSPS) is 12.4. The molecular weight excluding hydrogens is 288 g/mol. The number of hydrogen-bond acceptors (Lipinski definition) is 3. The van der Waals surface area contributed by atoms with Gasteiger partial charge in [-0.1, -0.05) is 30.3 Å². The van der Waals surface area contributed by atoms with Crippen molar-refractivity contribution in [3.63, 3.8) is 0 Å². The zero-order valence-electron chi connectivity index (χ0n) is 13.1. The largest absolute Gasteiger partial charge is 0.380 e. The van der Waals surface area contributed by atoms with Gasteiger partial charge in [-0.3, -0.25) is 4.79 Å². The highest BCUT2D eigenvalue weighted by Crippen LogP contribution is 2.14. The van der Waals surface area contributed by atoms with Crippen molar-refractivity contribution in [2.24, 2.45) is 5.73 Å². The van der Waals surface area contributed by atoms with E-state index in [4.69, 9.17) is 10.5 Å². The summed E-state index contributed by atoms with van der Waals surface area (Å²) in [7, 11) is 1.57. The summed E-state index contributed by atoms with van der Waals surface area (Å²) in [6.07, 6.45) is 1.93. The number of methoxy groups -OCH3 is 1. The second-order valence-electron chi connectivity index (χ2n) is 5.72. The fraction of sp³-hybridized carbons (Fsp3) is 0.562. The summed E-state index contributed by atoms with van der Waals surface area (Å²) in [4.78, 5) is 12.0. The first kappa shape index (κ1) is 19.9. The third-order valence-electron chi connectivity index (χ3n) is 3.37. The van der Waals surface area contributed by atoms with E-state index in [1.807, 2.05) is 32.0 Å². The molecule has 0 saturated carbocycles. The standard InChI is InChI=1S/C16H26N2O2.ClH/c1-16(2,10-9-13-7-5-4-6-8-13)18-15(19)11-14(12-17)20-3;/h4-8,14H,9-12,17H2,1-3H3,(H,18,19);1H. The van der Waals surface area contributed by atoms with Crippen molar-refractivity contribution in [2.75, 3.05) is 13.7 Å². The summed E-state index contributed by atoms with van der Waals surface area (Å²) >= 11 is 0. The van der Waals surface area contributed by atoms with Crippen LogP contribution in [0, 0.1) is 0 Å². The number of nitrogens with one attached hydrogen (secondary N) is 1. The molecule has 1 atom stereocenters. The van der Waals surface area contributed by atoms with Crippen molar-refractivity contribution in [3.8, 4) is 0 Å². The molecule has 3 N–H and O–H groups in total. The summed E-state index contributed by atoms with van der Waals surface area (Å²) in [5.41, 5.74) is 6.57. The van der Waals surface area contributed by atoms with E-state index in [-0.39, 0.29) is 30.0 Å². The molecule has 1 aromatic carbocycles. The van der Waals surface area contributed by atoms with Crippen molar-refractivity contribution in [1.29, 1.82) is 0 Å². The van der Waals surface area contributed by atoms with Crippen molar-refractivity contribution >= 4 is 18.3 Å². The Kier molecular flexibility index (Phi) is 9.26. The highest BCUT2D eigenvalue weighted by Gasteiger charge is 2.21. The topological polar surface area (TPSA) is 64.3 Å². The number of benzene rings is 1. The Bertz CT molecular complexity index is 406. The van der Waals surface area contributed by atoms with Crippen LogP contribution < -0.4 is 11.1 Å². The van der Waals surface area contributed by atoms with Gasteiger partial charge in [0.15, 0.2) is 0 Å². The Labute approximate surface area is 133 Å². The number of aryl methyl sites for hydroxylation is 1. The van der Waals surface area contributed by atoms with E-state index in [0.717, 1.165) is 12.8 Å². The Morgan fingerprint density at radius 3 is 2.48 bits per heavy atom. The van der Waals surface area contributed by atoms with E-state index in [9.17, 15) is 4.79 Å². The average molecular weight is 315 g/mol. The van der Waals surface area contributed by atoms with Crippen molar-refractivity contribution in [3.05, 3.63) is 35.9 Å². The maximum atomic E-state index is 12.0. The molecule has 0 saturated heterocycles. The van der Waals surface area contributed by atoms with Crippen LogP contribution in [0.2, 0.25) is 0 Å². The minimum absolute atomic E-state index is 0. The third kappa shape index (κ3) is 8.05. The predicted molar refractivity (Wildman–Crippen MR) is 88.7 cm³/mol. The van der Waals surface area contributed by atoms with Crippen molar-refractivity contribution < 1.29 is 9.53 Å². The van der Waals surface area contributed by atoms with Gasteiger partial charge in [-0.15, -0.1) is 12.4 Å². The lowest BCUT2D eigenvalue weighted by molar-refractivity contribution is -0.125. The van der Waals surface area contributed by atoms with Crippen LogP contribution in [0.15, 0.2) is 30.3 Å². The Balaban J connectivity index is 0.00000400. The van der Waals surface area contributed by atoms with Crippen LogP contribution in [-0.2, 0) is 16.0 Å². The molecule has 0 aliphatic carbocycles. The van der Waals surface area contributed by atoms with Crippen molar-refractivity contribution in [2.45, 2.75) is 44.8 Å². The minimum Gasteiger partial charge on any atom is -0.380 e. The molecule has 0 heterocycles. The predicted octanol–water partition coefficient (Wildman–Crippen LogP) is 2.30. The van der Waals surface area contributed by atoms with Gasteiger partial charge in [0.25, 0.3) is 0 Å². The number of carbonyl (C=O) groups is 1. The summed E-state index contributed by atoms with van der Waals surface area (Å²) in [6.45, 7) is 4.44. The van der Waals surface area contributed by atoms with Gasteiger partial charge in [-0.05, 0) is 32.3 Å². The number of ether oxygens (including phenoxy) is 1. The van der Waals surface area contributed by atoms with Gasteiger partial charge >= 0.3 is 0 Å². The van der Waals surface area contributed by atoms with E-state index >= 15 is 0 Å². The number of hydrogen-bond donors (Lipinski definition) is 2. The number of amides is 1. The first-order valence-electron chi connectivity index (χ1n) is 7.04. The maximum absolute atomic E-state index is 12.0. The van der Waals surface area contributed by atoms with E-state index in [0.29, 0.717) is 13.0 Å².